The van der Waals surface area contributed by atoms with Crippen LogP contribution in [0.4, 0.5) is 5.00 Å². The molecule has 0 spiro atoms. The van der Waals surface area contributed by atoms with Gasteiger partial charge in [0.2, 0.25) is 5.91 Å². The van der Waals surface area contributed by atoms with Crippen molar-refractivity contribution in [3.63, 3.8) is 0 Å². The topological polar surface area (TPSA) is 45.2 Å². The van der Waals surface area contributed by atoms with Gasteiger partial charge in [0.05, 0.1) is 10.2 Å². The number of carbonyl (C=O) groups is 1. The molecular formula is C26H26ClN3OS3. The van der Waals surface area contributed by atoms with Crippen molar-refractivity contribution in [2.24, 2.45) is 0 Å². The minimum Gasteiger partial charge on any atom is -0.317 e. The van der Waals surface area contributed by atoms with Gasteiger partial charge < -0.3 is 5.32 Å². The molecule has 4 nitrogen and oxygen atoms in total. The van der Waals surface area contributed by atoms with E-state index in [-0.39, 0.29) is 5.91 Å². The third-order valence-electron chi connectivity index (χ3n) is 5.85. The Morgan fingerprint density at radius 1 is 1.18 bits per heavy atom. The molecule has 2 aromatic heterocycles. The molecule has 2 aromatic carbocycles. The van der Waals surface area contributed by atoms with Gasteiger partial charge in [-0.3, -0.25) is 9.69 Å². The smallest absolute Gasteiger partial charge is 0.225 e. The van der Waals surface area contributed by atoms with Crippen molar-refractivity contribution in [3.8, 4) is 10.6 Å². The Balaban J connectivity index is 1.37. The molecule has 8 heteroatoms. The van der Waals surface area contributed by atoms with Gasteiger partial charge in [0.1, 0.15) is 10.0 Å². The molecule has 176 valence electrons. The molecule has 0 saturated carbocycles. The van der Waals surface area contributed by atoms with Crippen LogP contribution in [-0.2, 0) is 17.8 Å². The lowest BCUT2D eigenvalue weighted by molar-refractivity contribution is -0.115. The van der Waals surface area contributed by atoms with Crippen LogP contribution in [0.25, 0.3) is 20.8 Å². The zero-order chi connectivity index (χ0) is 23.5. The van der Waals surface area contributed by atoms with E-state index in [1.165, 1.54) is 15.1 Å². The molecule has 0 saturated heterocycles. The fraction of sp³-hybridized carbons (Fsp3) is 0.308. The lowest BCUT2D eigenvalue weighted by Gasteiger charge is -2.26. The third-order valence-corrected chi connectivity index (χ3v) is 9.30. The van der Waals surface area contributed by atoms with E-state index in [1.54, 1.807) is 34.4 Å². The van der Waals surface area contributed by atoms with Crippen LogP contribution in [-0.4, -0.2) is 34.6 Å². The molecule has 0 atom stereocenters. The second-order valence-electron chi connectivity index (χ2n) is 8.32. The van der Waals surface area contributed by atoms with E-state index in [1.807, 2.05) is 30.3 Å². The maximum absolute atomic E-state index is 12.9. The average Bonchev–Trinajstić information content (AvgIpc) is 3.40. The van der Waals surface area contributed by atoms with Crippen LogP contribution in [0.1, 0.15) is 30.2 Å². The van der Waals surface area contributed by atoms with Crippen LogP contribution in [0.2, 0.25) is 5.02 Å². The van der Waals surface area contributed by atoms with Crippen LogP contribution >= 0.6 is 46.0 Å². The minimum atomic E-state index is 0.0489. The number of hydrogen-bond acceptors (Lipinski definition) is 6. The SMILES string of the molecule is CCCN1CCc2c(sc(NC(=O)CCSc3ccc(Cl)cc3)c2-c2nc3ccccc3s2)C1. The molecule has 1 aliphatic rings. The number of halogens is 1. The Bertz CT molecular complexity index is 1270. The second-order valence-corrected chi connectivity index (χ2v) is 12.1. The predicted molar refractivity (Wildman–Crippen MR) is 148 cm³/mol. The van der Waals surface area contributed by atoms with E-state index in [0.29, 0.717) is 6.42 Å². The summed E-state index contributed by atoms with van der Waals surface area (Å²) < 4.78 is 1.18. The number of carbonyl (C=O) groups excluding carboxylic acids is 1. The summed E-state index contributed by atoms with van der Waals surface area (Å²) in [5.41, 5.74) is 3.51. The standard InChI is InChI=1S/C26H26ClN3OS3/c1-2-13-30-14-11-19-22(16-30)34-26(24(19)25-28-20-5-3-4-6-21(20)33-25)29-23(31)12-15-32-18-9-7-17(27)8-10-18/h3-10H,2,11-16H2,1H3,(H,29,31). The summed E-state index contributed by atoms with van der Waals surface area (Å²) in [7, 11) is 0. The van der Waals surface area contributed by atoms with Crippen LogP contribution in [0.5, 0.6) is 0 Å². The molecule has 0 fully saturated rings. The summed E-state index contributed by atoms with van der Waals surface area (Å²) in [5.74, 6) is 0.770. The molecule has 0 unspecified atom stereocenters. The van der Waals surface area contributed by atoms with E-state index in [4.69, 9.17) is 16.6 Å². The number of para-hydroxylation sites is 1. The molecular weight excluding hydrogens is 502 g/mol. The summed E-state index contributed by atoms with van der Waals surface area (Å²) >= 11 is 11.1. The molecule has 3 heterocycles. The lowest BCUT2D eigenvalue weighted by atomic mass is 10.0. The Kier molecular flexibility index (Phi) is 7.56. The van der Waals surface area contributed by atoms with E-state index in [9.17, 15) is 4.79 Å². The van der Waals surface area contributed by atoms with E-state index < -0.39 is 0 Å². The second kappa shape index (κ2) is 10.8. The van der Waals surface area contributed by atoms with Gasteiger partial charge in [-0.05, 0) is 61.3 Å². The Hall–Kier alpha value is -1.90. The number of benzene rings is 2. The fourth-order valence-electron chi connectivity index (χ4n) is 4.24. The molecule has 0 bridgehead atoms. The van der Waals surface area contributed by atoms with Gasteiger partial charge >= 0.3 is 0 Å². The van der Waals surface area contributed by atoms with Crippen molar-refractivity contribution in [2.45, 2.75) is 37.6 Å². The summed E-state index contributed by atoms with van der Waals surface area (Å²) in [6.07, 6.45) is 2.61. The minimum absolute atomic E-state index is 0.0489. The number of thiazole rings is 1. The van der Waals surface area contributed by atoms with E-state index in [0.717, 1.165) is 69.2 Å². The molecule has 4 aromatic rings. The molecule has 0 aliphatic carbocycles. The summed E-state index contributed by atoms with van der Waals surface area (Å²) in [6.45, 7) is 5.34. The number of hydrogen-bond donors (Lipinski definition) is 1. The number of thioether (sulfide) groups is 1. The molecule has 0 radical (unpaired) electrons. The van der Waals surface area contributed by atoms with Crippen molar-refractivity contribution >= 4 is 67.2 Å². The largest absolute Gasteiger partial charge is 0.317 e. The van der Waals surface area contributed by atoms with Gasteiger partial charge in [-0.25, -0.2) is 4.98 Å². The molecule has 5 rings (SSSR count). The van der Waals surface area contributed by atoms with Gasteiger partial charge in [-0.2, -0.15) is 0 Å². The van der Waals surface area contributed by atoms with Crippen molar-refractivity contribution < 1.29 is 4.79 Å². The number of rotatable bonds is 8. The van der Waals surface area contributed by atoms with Crippen LogP contribution < -0.4 is 5.32 Å². The number of nitrogens with one attached hydrogen (secondary N) is 1. The summed E-state index contributed by atoms with van der Waals surface area (Å²) in [4.78, 5) is 22.9. The highest BCUT2D eigenvalue weighted by Crippen LogP contribution is 2.45. The first-order valence-corrected chi connectivity index (χ1v) is 14.5. The Morgan fingerprint density at radius 2 is 2.00 bits per heavy atom. The van der Waals surface area contributed by atoms with Crippen LogP contribution in [0.15, 0.2) is 53.4 Å². The van der Waals surface area contributed by atoms with Crippen molar-refractivity contribution in [1.82, 2.24) is 9.88 Å². The van der Waals surface area contributed by atoms with E-state index in [2.05, 4.69) is 35.3 Å². The highest BCUT2D eigenvalue weighted by molar-refractivity contribution is 7.99. The third kappa shape index (κ3) is 5.34. The summed E-state index contributed by atoms with van der Waals surface area (Å²) in [6, 6.07) is 16.0. The summed E-state index contributed by atoms with van der Waals surface area (Å²) in [5, 5.41) is 5.93. The zero-order valence-corrected chi connectivity index (χ0v) is 22.2. The Labute approximate surface area is 217 Å². The number of thiophene rings is 1. The first-order chi connectivity index (χ1) is 16.6. The quantitative estimate of drug-likeness (QED) is 0.240. The molecule has 1 amide bonds. The maximum atomic E-state index is 12.9. The zero-order valence-electron chi connectivity index (χ0n) is 19.0. The Morgan fingerprint density at radius 3 is 2.79 bits per heavy atom. The lowest BCUT2D eigenvalue weighted by Crippen LogP contribution is -2.30. The number of aromatic nitrogens is 1. The maximum Gasteiger partial charge on any atom is 0.225 e. The van der Waals surface area contributed by atoms with Crippen molar-refractivity contribution in [3.05, 3.63) is 64.0 Å². The van der Waals surface area contributed by atoms with Crippen LogP contribution in [0.3, 0.4) is 0 Å². The van der Waals surface area contributed by atoms with Crippen molar-refractivity contribution in [1.29, 1.82) is 0 Å². The molecule has 34 heavy (non-hydrogen) atoms. The number of amides is 1. The number of anilines is 1. The number of nitrogens with zero attached hydrogens (tertiary/aromatic N) is 2. The van der Waals surface area contributed by atoms with Gasteiger partial charge in [0.15, 0.2) is 0 Å². The molecule has 1 N–H and O–H groups in total. The van der Waals surface area contributed by atoms with Gasteiger partial charge in [-0.15, -0.1) is 34.4 Å². The normalized spacial score (nSPS) is 13.8. The highest BCUT2D eigenvalue weighted by Gasteiger charge is 2.27. The van der Waals surface area contributed by atoms with Gasteiger partial charge in [0, 0.05) is 45.6 Å². The monoisotopic (exact) mass is 527 g/mol. The molecule has 1 aliphatic heterocycles. The average molecular weight is 528 g/mol. The first kappa shape index (κ1) is 23.8. The van der Waals surface area contributed by atoms with Gasteiger partial charge in [0.25, 0.3) is 0 Å². The van der Waals surface area contributed by atoms with E-state index >= 15 is 0 Å². The predicted octanol–water partition coefficient (Wildman–Crippen LogP) is 7.57. The highest BCUT2D eigenvalue weighted by atomic mass is 35.5. The van der Waals surface area contributed by atoms with Crippen LogP contribution in [0, 0.1) is 0 Å². The number of fused-ring (bicyclic) bond motifs is 2. The first-order valence-electron chi connectivity index (χ1n) is 11.5. The van der Waals surface area contributed by atoms with Crippen molar-refractivity contribution in [2.75, 3.05) is 24.2 Å². The fourth-order valence-corrected chi connectivity index (χ4v) is 7.63. The van der Waals surface area contributed by atoms with Gasteiger partial charge in [-0.1, -0.05) is 30.7 Å².